The maximum atomic E-state index is 10.7. The van der Waals surface area contributed by atoms with E-state index in [0.717, 1.165) is 35.8 Å². The highest BCUT2D eigenvalue weighted by atomic mass is 16.3. The smallest absolute Gasteiger partial charge is 0.0901 e. The Morgan fingerprint density at radius 1 is 1.21 bits per heavy atom. The number of benzene rings is 1. The number of nitrogens with one attached hydrogen (secondary N) is 1. The lowest BCUT2D eigenvalue weighted by Gasteiger charge is -2.25. The minimum Gasteiger partial charge on any atom is -0.385 e. The molecule has 102 valence electrons. The van der Waals surface area contributed by atoms with Crippen LogP contribution in [0.5, 0.6) is 0 Å². The zero-order valence-electron chi connectivity index (χ0n) is 11.7. The highest BCUT2D eigenvalue weighted by Gasteiger charge is 2.24. The van der Waals surface area contributed by atoms with E-state index in [2.05, 4.69) is 17.2 Å². The van der Waals surface area contributed by atoms with Crippen LogP contribution < -0.4 is 5.32 Å². The van der Waals surface area contributed by atoms with Crippen LogP contribution in [-0.2, 0) is 5.60 Å². The summed E-state index contributed by atoms with van der Waals surface area (Å²) in [6.07, 6.45) is 5.41. The SMILES string of the molecule is CCCNCCC(C)(O)c1cncc2ccccc12. The molecule has 19 heavy (non-hydrogen) atoms. The minimum absolute atomic E-state index is 0.683. The summed E-state index contributed by atoms with van der Waals surface area (Å²) < 4.78 is 0. The van der Waals surface area contributed by atoms with Crippen LogP contribution in [0.2, 0.25) is 0 Å². The Balaban J connectivity index is 2.22. The highest BCUT2D eigenvalue weighted by molar-refractivity contribution is 5.85. The largest absolute Gasteiger partial charge is 0.385 e. The van der Waals surface area contributed by atoms with Gasteiger partial charge >= 0.3 is 0 Å². The first-order valence-corrected chi connectivity index (χ1v) is 6.91. The molecule has 0 saturated heterocycles. The Labute approximate surface area is 114 Å². The standard InChI is InChI=1S/C16H22N2O/c1-3-9-17-10-8-16(2,19)15-12-18-11-13-6-4-5-7-14(13)15/h4-7,11-12,17,19H,3,8-10H2,1-2H3. The third-order valence-electron chi connectivity index (χ3n) is 3.46. The van der Waals surface area contributed by atoms with Crippen molar-refractivity contribution in [2.45, 2.75) is 32.3 Å². The molecule has 0 amide bonds. The molecule has 0 aliphatic rings. The van der Waals surface area contributed by atoms with Crippen LogP contribution in [0.4, 0.5) is 0 Å². The highest BCUT2D eigenvalue weighted by Crippen LogP contribution is 2.29. The third-order valence-corrected chi connectivity index (χ3v) is 3.46. The predicted octanol–water partition coefficient (Wildman–Crippen LogP) is 2.83. The molecule has 3 heteroatoms. The summed E-state index contributed by atoms with van der Waals surface area (Å²) >= 11 is 0. The molecule has 2 N–H and O–H groups in total. The van der Waals surface area contributed by atoms with Gasteiger partial charge in [0.1, 0.15) is 0 Å². The van der Waals surface area contributed by atoms with Crippen molar-refractivity contribution < 1.29 is 5.11 Å². The van der Waals surface area contributed by atoms with Gasteiger partial charge in [-0.25, -0.2) is 0 Å². The molecule has 0 bridgehead atoms. The molecular formula is C16H22N2O. The lowest BCUT2D eigenvalue weighted by atomic mass is 9.90. The van der Waals surface area contributed by atoms with Gasteiger partial charge in [0, 0.05) is 23.3 Å². The van der Waals surface area contributed by atoms with Crippen LogP contribution in [0, 0.1) is 0 Å². The van der Waals surface area contributed by atoms with Crippen molar-refractivity contribution in [1.29, 1.82) is 0 Å². The van der Waals surface area contributed by atoms with Crippen LogP contribution in [0.1, 0.15) is 32.3 Å². The van der Waals surface area contributed by atoms with Gasteiger partial charge in [0.05, 0.1) is 5.60 Å². The van der Waals surface area contributed by atoms with Crippen molar-refractivity contribution in [1.82, 2.24) is 10.3 Å². The summed E-state index contributed by atoms with van der Waals surface area (Å²) in [7, 11) is 0. The van der Waals surface area contributed by atoms with Gasteiger partial charge in [0.25, 0.3) is 0 Å². The zero-order valence-corrected chi connectivity index (χ0v) is 11.7. The topological polar surface area (TPSA) is 45.1 Å². The molecule has 2 rings (SSSR count). The molecule has 0 aliphatic heterocycles. The fraction of sp³-hybridized carbons (Fsp3) is 0.438. The zero-order chi connectivity index (χ0) is 13.7. The molecule has 1 atom stereocenters. The van der Waals surface area contributed by atoms with Gasteiger partial charge in [0.15, 0.2) is 0 Å². The summed E-state index contributed by atoms with van der Waals surface area (Å²) in [5.74, 6) is 0. The Hall–Kier alpha value is -1.45. The number of hydrogen-bond acceptors (Lipinski definition) is 3. The average Bonchev–Trinajstić information content (AvgIpc) is 2.43. The van der Waals surface area contributed by atoms with E-state index in [1.165, 1.54) is 0 Å². The first kappa shape index (κ1) is 14.0. The van der Waals surface area contributed by atoms with Crippen molar-refractivity contribution in [2.75, 3.05) is 13.1 Å². The quantitative estimate of drug-likeness (QED) is 0.783. The molecule has 1 heterocycles. The van der Waals surface area contributed by atoms with E-state index in [0.29, 0.717) is 6.42 Å². The van der Waals surface area contributed by atoms with E-state index >= 15 is 0 Å². The molecule has 0 aliphatic carbocycles. The van der Waals surface area contributed by atoms with Crippen molar-refractivity contribution in [3.63, 3.8) is 0 Å². The number of rotatable bonds is 6. The molecular weight excluding hydrogens is 236 g/mol. The van der Waals surface area contributed by atoms with E-state index in [4.69, 9.17) is 0 Å². The van der Waals surface area contributed by atoms with Gasteiger partial charge in [0.2, 0.25) is 0 Å². The van der Waals surface area contributed by atoms with Crippen molar-refractivity contribution in [2.24, 2.45) is 0 Å². The van der Waals surface area contributed by atoms with Gasteiger partial charge < -0.3 is 10.4 Å². The lowest BCUT2D eigenvalue weighted by molar-refractivity contribution is 0.0493. The molecule has 0 saturated carbocycles. The van der Waals surface area contributed by atoms with E-state index < -0.39 is 5.60 Å². The second-order valence-corrected chi connectivity index (χ2v) is 5.18. The number of nitrogens with zero attached hydrogens (tertiary/aromatic N) is 1. The monoisotopic (exact) mass is 258 g/mol. The van der Waals surface area contributed by atoms with E-state index in [1.54, 1.807) is 6.20 Å². The summed E-state index contributed by atoms with van der Waals surface area (Å²) in [5, 5.41) is 16.2. The van der Waals surface area contributed by atoms with Crippen molar-refractivity contribution in [3.8, 4) is 0 Å². The molecule has 1 aromatic heterocycles. The van der Waals surface area contributed by atoms with Crippen LogP contribution in [0.25, 0.3) is 10.8 Å². The Morgan fingerprint density at radius 2 is 2.00 bits per heavy atom. The van der Waals surface area contributed by atoms with Crippen LogP contribution >= 0.6 is 0 Å². The molecule has 0 spiro atoms. The summed E-state index contributed by atoms with van der Waals surface area (Å²) in [6, 6.07) is 8.06. The van der Waals surface area contributed by atoms with E-state index in [9.17, 15) is 5.11 Å². The first-order valence-electron chi connectivity index (χ1n) is 6.91. The molecule has 3 nitrogen and oxygen atoms in total. The van der Waals surface area contributed by atoms with Crippen LogP contribution in [-0.4, -0.2) is 23.2 Å². The average molecular weight is 258 g/mol. The molecule has 0 radical (unpaired) electrons. The second kappa shape index (κ2) is 6.13. The maximum Gasteiger partial charge on any atom is 0.0901 e. The Bertz CT molecular complexity index is 532. The van der Waals surface area contributed by atoms with Gasteiger partial charge in [-0.1, -0.05) is 31.2 Å². The summed E-state index contributed by atoms with van der Waals surface area (Å²) in [6.45, 7) is 5.80. The van der Waals surface area contributed by atoms with Crippen molar-refractivity contribution >= 4 is 10.8 Å². The Morgan fingerprint density at radius 3 is 2.79 bits per heavy atom. The maximum absolute atomic E-state index is 10.7. The van der Waals surface area contributed by atoms with Gasteiger partial charge in [-0.05, 0) is 38.2 Å². The number of hydrogen-bond donors (Lipinski definition) is 2. The van der Waals surface area contributed by atoms with Gasteiger partial charge in [-0.3, -0.25) is 4.98 Å². The molecule has 1 unspecified atom stereocenters. The number of aromatic nitrogens is 1. The van der Waals surface area contributed by atoms with E-state index in [1.807, 2.05) is 37.4 Å². The number of aliphatic hydroxyl groups is 1. The molecule has 2 aromatic rings. The van der Waals surface area contributed by atoms with Gasteiger partial charge in [-0.2, -0.15) is 0 Å². The normalized spacial score (nSPS) is 14.5. The fourth-order valence-electron chi connectivity index (χ4n) is 2.31. The van der Waals surface area contributed by atoms with Gasteiger partial charge in [-0.15, -0.1) is 0 Å². The molecule has 1 aromatic carbocycles. The Kier molecular flexibility index (Phi) is 4.51. The second-order valence-electron chi connectivity index (χ2n) is 5.18. The van der Waals surface area contributed by atoms with Crippen LogP contribution in [0.3, 0.4) is 0 Å². The summed E-state index contributed by atoms with van der Waals surface area (Å²) in [4.78, 5) is 4.24. The lowest BCUT2D eigenvalue weighted by Crippen LogP contribution is -2.28. The predicted molar refractivity (Wildman–Crippen MR) is 79.1 cm³/mol. The third kappa shape index (κ3) is 3.31. The number of pyridine rings is 1. The minimum atomic E-state index is -0.853. The summed E-state index contributed by atoms with van der Waals surface area (Å²) in [5.41, 5.74) is 0.0538. The van der Waals surface area contributed by atoms with E-state index in [-0.39, 0.29) is 0 Å². The molecule has 0 fully saturated rings. The van der Waals surface area contributed by atoms with Crippen LogP contribution in [0.15, 0.2) is 36.7 Å². The fourth-order valence-corrected chi connectivity index (χ4v) is 2.31. The first-order chi connectivity index (χ1) is 9.15. The number of fused-ring (bicyclic) bond motifs is 1. The van der Waals surface area contributed by atoms with Crippen molar-refractivity contribution in [3.05, 3.63) is 42.2 Å².